The monoisotopic (exact) mass is 225 g/mol. The summed E-state index contributed by atoms with van der Waals surface area (Å²) < 4.78 is 10.2. The second kappa shape index (κ2) is 6.37. The molecular weight excluding hydrogens is 213 g/mol. The van der Waals surface area contributed by atoms with E-state index in [4.69, 9.17) is 28.0 Å². The summed E-state index contributed by atoms with van der Waals surface area (Å²) in [6, 6.07) is -0.521. The van der Waals surface area contributed by atoms with Gasteiger partial charge in [-0.2, -0.15) is 0 Å². The second-order valence-corrected chi connectivity index (χ2v) is 3.36. The van der Waals surface area contributed by atoms with Crippen molar-refractivity contribution in [1.82, 2.24) is 0 Å². The van der Waals surface area contributed by atoms with Crippen LogP contribution >= 0.6 is 0 Å². The number of azide groups is 1. The molecule has 0 saturated carbocycles. The van der Waals surface area contributed by atoms with Crippen molar-refractivity contribution in [1.29, 1.82) is 0 Å². The topological polar surface area (TPSA) is 105 Å². The van der Waals surface area contributed by atoms with Crippen LogP contribution < -0.4 is 0 Å². The van der Waals surface area contributed by atoms with Crippen LogP contribution in [0.1, 0.15) is 12.8 Å². The number of aliphatic hydroxyl groups is 1. The molecule has 1 rings (SSSR count). The number of carbonyl (C=O) groups excluding carboxylic acids is 1. The number of carbonyl (C=O) groups is 1. The summed E-state index contributed by atoms with van der Waals surface area (Å²) in [7, 11) is 5.50. The molecule has 1 unspecified atom stereocenters. The normalized spacial score (nSPS) is 28.4. The van der Waals surface area contributed by atoms with Crippen molar-refractivity contribution in [3.8, 4) is 0 Å². The quantitative estimate of drug-likeness (QED) is 0.231. The maximum atomic E-state index is 11.3. The fourth-order valence-electron chi connectivity index (χ4n) is 1.45. The summed E-state index contributed by atoms with van der Waals surface area (Å²) in [6.45, 7) is -0.194. The number of aliphatic hydroxyl groups excluding tert-OH is 1. The van der Waals surface area contributed by atoms with Gasteiger partial charge in [-0.25, -0.2) is 0 Å². The molecule has 0 aliphatic carbocycles. The van der Waals surface area contributed by atoms with Crippen molar-refractivity contribution in [2.75, 3.05) is 13.2 Å². The van der Waals surface area contributed by atoms with E-state index in [1.165, 1.54) is 0 Å². The van der Waals surface area contributed by atoms with Gasteiger partial charge in [0.2, 0.25) is 0 Å². The third kappa shape index (κ3) is 3.73. The molecule has 0 aromatic carbocycles. The fourth-order valence-corrected chi connectivity index (χ4v) is 1.45. The Bertz CT molecular complexity index is 295. The van der Waals surface area contributed by atoms with Crippen LogP contribution in [-0.4, -0.2) is 50.3 Å². The van der Waals surface area contributed by atoms with Crippen LogP contribution in [0.3, 0.4) is 0 Å². The van der Waals surface area contributed by atoms with E-state index in [9.17, 15) is 4.79 Å². The highest BCUT2D eigenvalue weighted by Crippen LogP contribution is 2.21. The van der Waals surface area contributed by atoms with Gasteiger partial charge in [0.25, 0.3) is 0 Å². The van der Waals surface area contributed by atoms with Gasteiger partial charge in [0.15, 0.2) is 0 Å². The number of hydrogen-bond acceptors (Lipinski definition) is 5. The molecule has 0 amide bonds. The van der Waals surface area contributed by atoms with Crippen molar-refractivity contribution in [3.05, 3.63) is 10.4 Å². The van der Waals surface area contributed by atoms with Crippen molar-refractivity contribution < 1.29 is 19.4 Å². The molecule has 1 heterocycles. The Morgan fingerprint density at radius 2 is 2.50 bits per heavy atom. The molecule has 3 atom stereocenters. The van der Waals surface area contributed by atoms with Gasteiger partial charge in [0, 0.05) is 23.9 Å². The van der Waals surface area contributed by atoms with Crippen LogP contribution in [0.25, 0.3) is 10.4 Å². The van der Waals surface area contributed by atoms with Gasteiger partial charge in [-0.3, -0.25) is 4.79 Å². The second-order valence-electron chi connectivity index (χ2n) is 3.36. The van der Waals surface area contributed by atoms with E-state index in [0.717, 1.165) is 0 Å². The van der Waals surface area contributed by atoms with Crippen LogP contribution in [0.15, 0.2) is 5.11 Å². The number of ether oxygens (including phenoxy) is 2. The molecule has 2 radical (unpaired) electrons. The smallest absolute Gasteiger partial charge is 0.306 e. The molecule has 1 aliphatic heterocycles. The van der Waals surface area contributed by atoms with Crippen LogP contribution in [0.4, 0.5) is 0 Å². The Labute approximate surface area is 93.8 Å². The Morgan fingerprint density at radius 3 is 3.12 bits per heavy atom. The third-order valence-corrected chi connectivity index (χ3v) is 2.17. The molecule has 0 aromatic heterocycles. The summed E-state index contributed by atoms with van der Waals surface area (Å²) >= 11 is 0. The van der Waals surface area contributed by atoms with Gasteiger partial charge >= 0.3 is 5.97 Å². The van der Waals surface area contributed by atoms with Gasteiger partial charge in [0.05, 0.1) is 13.0 Å². The van der Waals surface area contributed by atoms with Crippen molar-refractivity contribution >= 4 is 13.8 Å². The SMILES string of the molecule is [B][C@H]1CC(OC(=O)CCN=[N+]=[N-])[C@@H](CO)O1. The van der Waals surface area contributed by atoms with Gasteiger partial charge in [-0.1, -0.05) is 5.11 Å². The highest BCUT2D eigenvalue weighted by molar-refractivity contribution is 6.11. The molecule has 16 heavy (non-hydrogen) atoms. The molecule has 7 nitrogen and oxygen atoms in total. The Balaban J connectivity index is 2.35. The van der Waals surface area contributed by atoms with E-state index in [-0.39, 0.29) is 19.6 Å². The summed E-state index contributed by atoms with van der Waals surface area (Å²) in [4.78, 5) is 13.8. The summed E-state index contributed by atoms with van der Waals surface area (Å²) in [5, 5.41) is 12.2. The van der Waals surface area contributed by atoms with Crippen molar-refractivity contribution in [2.45, 2.75) is 31.1 Å². The van der Waals surface area contributed by atoms with Crippen molar-refractivity contribution in [3.63, 3.8) is 0 Å². The Hall–Kier alpha value is -1.24. The molecule has 1 N–H and O–H groups in total. The predicted octanol–water partition coefficient (Wildman–Crippen LogP) is -0.126. The number of nitrogens with zero attached hydrogens (tertiary/aromatic N) is 3. The first-order chi connectivity index (χ1) is 7.67. The Kier molecular flexibility index (Phi) is 5.11. The first-order valence-corrected chi connectivity index (χ1v) is 4.89. The first kappa shape index (κ1) is 12.8. The number of esters is 1. The maximum Gasteiger partial charge on any atom is 0.306 e. The molecule has 0 bridgehead atoms. The average Bonchev–Trinajstić information content (AvgIpc) is 2.59. The van der Waals surface area contributed by atoms with E-state index >= 15 is 0 Å². The van der Waals surface area contributed by atoms with E-state index in [0.29, 0.717) is 6.42 Å². The van der Waals surface area contributed by atoms with E-state index in [1.807, 2.05) is 0 Å². The fraction of sp³-hybridized carbons (Fsp3) is 0.875. The molecular formula is C8H12BN3O4. The summed E-state index contributed by atoms with van der Waals surface area (Å²) in [5.74, 6) is -0.492. The first-order valence-electron chi connectivity index (χ1n) is 4.89. The Morgan fingerprint density at radius 1 is 1.75 bits per heavy atom. The van der Waals surface area contributed by atoms with Gasteiger partial charge in [0.1, 0.15) is 20.1 Å². The van der Waals surface area contributed by atoms with E-state index < -0.39 is 24.2 Å². The lowest BCUT2D eigenvalue weighted by Gasteiger charge is -2.16. The highest BCUT2D eigenvalue weighted by Gasteiger charge is 2.34. The number of rotatable bonds is 5. The van der Waals surface area contributed by atoms with Crippen LogP contribution in [0, 0.1) is 0 Å². The van der Waals surface area contributed by atoms with Crippen LogP contribution in [0.2, 0.25) is 0 Å². The molecule has 86 valence electrons. The van der Waals surface area contributed by atoms with Crippen molar-refractivity contribution in [2.24, 2.45) is 5.11 Å². The lowest BCUT2D eigenvalue weighted by Crippen LogP contribution is -2.30. The minimum Gasteiger partial charge on any atom is -0.459 e. The molecule has 0 spiro atoms. The largest absolute Gasteiger partial charge is 0.459 e. The van der Waals surface area contributed by atoms with Crippen LogP contribution in [0.5, 0.6) is 0 Å². The summed E-state index contributed by atoms with van der Waals surface area (Å²) in [5.41, 5.74) is 8.01. The number of hydrogen-bond donors (Lipinski definition) is 1. The zero-order valence-electron chi connectivity index (χ0n) is 8.65. The highest BCUT2D eigenvalue weighted by atomic mass is 16.6. The molecule has 1 saturated heterocycles. The van der Waals surface area contributed by atoms with Gasteiger partial charge < -0.3 is 14.6 Å². The molecule has 8 heteroatoms. The zero-order chi connectivity index (χ0) is 12.0. The van der Waals surface area contributed by atoms with Crippen LogP contribution in [-0.2, 0) is 14.3 Å². The molecule has 1 aliphatic rings. The predicted molar refractivity (Wildman–Crippen MR) is 54.6 cm³/mol. The standard InChI is InChI=1S/C8H12BN3O4/c9-7-3-5(6(4-13)15-7)16-8(14)1-2-11-12-10/h5-7,13H,1-4H2/t5?,6-,7-/m1/s1. The third-order valence-electron chi connectivity index (χ3n) is 2.17. The maximum absolute atomic E-state index is 11.3. The lowest BCUT2D eigenvalue weighted by atomic mass is 9.96. The van der Waals surface area contributed by atoms with E-state index in [1.54, 1.807) is 0 Å². The zero-order valence-corrected chi connectivity index (χ0v) is 8.65. The lowest BCUT2D eigenvalue weighted by molar-refractivity contribution is -0.152. The van der Waals surface area contributed by atoms with E-state index in [2.05, 4.69) is 10.0 Å². The molecule has 0 aromatic rings. The van der Waals surface area contributed by atoms with Gasteiger partial charge in [-0.05, 0) is 5.53 Å². The summed E-state index contributed by atoms with van der Waals surface area (Å²) in [6.07, 6.45) is -0.733. The molecule has 1 fully saturated rings. The minimum absolute atomic E-state index is 0.00788. The minimum atomic E-state index is -0.571. The van der Waals surface area contributed by atoms with Gasteiger partial charge in [-0.15, -0.1) is 0 Å². The average molecular weight is 225 g/mol.